The molecule has 0 fully saturated rings. The van der Waals surface area contributed by atoms with Crippen LogP contribution in [-0.4, -0.2) is 55.5 Å². The van der Waals surface area contributed by atoms with Crippen LogP contribution >= 0.6 is 0 Å². The fraction of sp³-hybridized carbons (Fsp3) is 0.538. The van der Waals surface area contributed by atoms with Crippen molar-refractivity contribution in [1.29, 1.82) is 0 Å². The van der Waals surface area contributed by atoms with Crippen LogP contribution in [0.2, 0.25) is 0 Å². The largest absolute Gasteiger partial charge is 0.395 e. The number of rotatable bonds is 7. The fourth-order valence-corrected chi connectivity index (χ4v) is 1.71. The highest BCUT2D eigenvalue weighted by Crippen LogP contribution is 2.13. The zero-order valence-electron chi connectivity index (χ0n) is 10.6. The van der Waals surface area contributed by atoms with Crippen LogP contribution in [-0.2, 0) is 6.54 Å². The van der Waals surface area contributed by atoms with Gasteiger partial charge in [0.15, 0.2) is 0 Å². The highest BCUT2D eigenvalue weighted by atomic mass is 16.3. The summed E-state index contributed by atoms with van der Waals surface area (Å²) in [5.41, 5.74) is 2.36. The Morgan fingerprint density at radius 1 is 0.941 bits per heavy atom. The van der Waals surface area contributed by atoms with Crippen LogP contribution < -0.4 is 4.90 Å². The normalized spacial score (nSPS) is 10.9. The lowest BCUT2D eigenvalue weighted by Crippen LogP contribution is -2.29. The molecule has 1 rings (SSSR count). The number of hydrogen-bond acceptors (Lipinski definition) is 4. The summed E-state index contributed by atoms with van der Waals surface area (Å²) in [5, 5.41) is 17.9. The Morgan fingerprint density at radius 3 is 1.88 bits per heavy atom. The van der Waals surface area contributed by atoms with Gasteiger partial charge in [0.1, 0.15) is 0 Å². The molecule has 0 aromatic heterocycles. The minimum Gasteiger partial charge on any atom is -0.395 e. The third-order valence-electron chi connectivity index (χ3n) is 2.69. The second-order valence-corrected chi connectivity index (χ2v) is 4.28. The SMILES string of the molecule is CN(C)c1ccc(CN(CCO)CCO)cc1. The highest BCUT2D eigenvalue weighted by molar-refractivity contribution is 5.45. The van der Waals surface area contributed by atoms with Crippen molar-refractivity contribution in [1.82, 2.24) is 4.90 Å². The van der Waals surface area contributed by atoms with Gasteiger partial charge >= 0.3 is 0 Å². The summed E-state index contributed by atoms with van der Waals surface area (Å²) in [6.07, 6.45) is 0. The molecule has 1 aromatic rings. The van der Waals surface area contributed by atoms with Gasteiger partial charge in [-0.25, -0.2) is 0 Å². The molecule has 0 aliphatic heterocycles. The lowest BCUT2D eigenvalue weighted by Gasteiger charge is -2.20. The van der Waals surface area contributed by atoms with E-state index in [1.165, 1.54) is 11.3 Å². The summed E-state index contributed by atoms with van der Waals surface area (Å²) >= 11 is 0. The molecule has 0 radical (unpaired) electrons. The molecule has 0 atom stereocenters. The summed E-state index contributed by atoms with van der Waals surface area (Å²) in [5.74, 6) is 0. The topological polar surface area (TPSA) is 46.9 Å². The van der Waals surface area contributed by atoms with Crippen LogP contribution in [0, 0.1) is 0 Å². The molecule has 0 heterocycles. The number of nitrogens with zero attached hydrogens (tertiary/aromatic N) is 2. The maximum atomic E-state index is 8.93. The third kappa shape index (κ3) is 4.73. The lowest BCUT2D eigenvalue weighted by molar-refractivity contribution is 0.156. The highest BCUT2D eigenvalue weighted by Gasteiger charge is 2.04. The van der Waals surface area contributed by atoms with E-state index in [2.05, 4.69) is 29.2 Å². The summed E-state index contributed by atoms with van der Waals surface area (Å²) in [6, 6.07) is 8.31. The average Bonchev–Trinajstić information content (AvgIpc) is 2.30. The smallest absolute Gasteiger partial charge is 0.0558 e. The van der Waals surface area contributed by atoms with E-state index in [9.17, 15) is 0 Å². The van der Waals surface area contributed by atoms with Gasteiger partial charge in [-0.2, -0.15) is 0 Å². The molecular weight excluding hydrogens is 216 g/mol. The van der Waals surface area contributed by atoms with Crippen LogP contribution in [0.4, 0.5) is 5.69 Å². The van der Waals surface area contributed by atoms with Gasteiger partial charge in [0, 0.05) is 39.4 Å². The van der Waals surface area contributed by atoms with Gasteiger partial charge in [-0.15, -0.1) is 0 Å². The summed E-state index contributed by atoms with van der Waals surface area (Å²) < 4.78 is 0. The first-order chi connectivity index (χ1) is 8.17. The Kier molecular flexibility index (Phi) is 5.97. The molecule has 0 spiro atoms. The first-order valence-electron chi connectivity index (χ1n) is 5.87. The van der Waals surface area contributed by atoms with Crippen molar-refractivity contribution in [3.63, 3.8) is 0 Å². The molecule has 0 saturated carbocycles. The molecule has 17 heavy (non-hydrogen) atoms. The number of benzene rings is 1. The first kappa shape index (κ1) is 14.0. The minimum atomic E-state index is 0.121. The fourth-order valence-electron chi connectivity index (χ4n) is 1.71. The van der Waals surface area contributed by atoms with E-state index >= 15 is 0 Å². The van der Waals surface area contributed by atoms with Crippen molar-refractivity contribution >= 4 is 5.69 Å². The molecule has 96 valence electrons. The second-order valence-electron chi connectivity index (χ2n) is 4.28. The molecule has 0 aliphatic carbocycles. The number of anilines is 1. The molecule has 0 saturated heterocycles. The van der Waals surface area contributed by atoms with E-state index in [-0.39, 0.29) is 13.2 Å². The Morgan fingerprint density at radius 2 is 1.47 bits per heavy atom. The van der Waals surface area contributed by atoms with E-state index in [1.54, 1.807) is 0 Å². The van der Waals surface area contributed by atoms with Crippen LogP contribution in [0.25, 0.3) is 0 Å². The predicted octanol–water partition coefficient (Wildman–Crippen LogP) is 0.539. The molecule has 1 aromatic carbocycles. The van der Waals surface area contributed by atoms with Crippen LogP contribution in [0.5, 0.6) is 0 Å². The number of hydrogen-bond donors (Lipinski definition) is 2. The second kappa shape index (κ2) is 7.27. The maximum absolute atomic E-state index is 8.93. The summed E-state index contributed by atoms with van der Waals surface area (Å²) in [6.45, 7) is 2.19. The zero-order valence-corrected chi connectivity index (χ0v) is 10.6. The first-order valence-corrected chi connectivity index (χ1v) is 5.87. The van der Waals surface area contributed by atoms with E-state index < -0.39 is 0 Å². The average molecular weight is 238 g/mol. The maximum Gasteiger partial charge on any atom is 0.0558 e. The minimum absolute atomic E-state index is 0.121. The van der Waals surface area contributed by atoms with Crippen molar-refractivity contribution in [2.24, 2.45) is 0 Å². The quantitative estimate of drug-likeness (QED) is 0.728. The number of aliphatic hydroxyl groups is 2. The van der Waals surface area contributed by atoms with Crippen LogP contribution in [0.1, 0.15) is 5.56 Å². The molecule has 0 aliphatic rings. The molecule has 2 N–H and O–H groups in total. The Labute approximate surface area is 103 Å². The van der Waals surface area contributed by atoms with E-state index in [4.69, 9.17) is 10.2 Å². The van der Waals surface area contributed by atoms with Crippen LogP contribution in [0.3, 0.4) is 0 Å². The molecule has 0 amide bonds. The zero-order chi connectivity index (χ0) is 12.7. The van der Waals surface area contributed by atoms with Gasteiger partial charge in [0.05, 0.1) is 13.2 Å². The molecule has 4 heteroatoms. The lowest BCUT2D eigenvalue weighted by atomic mass is 10.2. The van der Waals surface area contributed by atoms with Gasteiger partial charge in [0.25, 0.3) is 0 Å². The summed E-state index contributed by atoms with van der Waals surface area (Å²) in [7, 11) is 4.03. The van der Waals surface area contributed by atoms with E-state index in [0.29, 0.717) is 13.1 Å². The van der Waals surface area contributed by atoms with Gasteiger partial charge in [0.2, 0.25) is 0 Å². The van der Waals surface area contributed by atoms with Gasteiger partial charge in [-0.05, 0) is 17.7 Å². The molecule has 0 unspecified atom stereocenters. The summed E-state index contributed by atoms with van der Waals surface area (Å²) in [4.78, 5) is 4.09. The Bertz CT molecular complexity index is 306. The van der Waals surface area contributed by atoms with Crippen molar-refractivity contribution in [2.75, 3.05) is 45.3 Å². The van der Waals surface area contributed by atoms with Crippen molar-refractivity contribution in [3.05, 3.63) is 29.8 Å². The molecular formula is C13H22N2O2. The van der Waals surface area contributed by atoms with E-state index in [1.807, 2.05) is 19.0 Å². The number of aliphatic hydroxyl groups excluding tert-OH is 2. The van der Waals surface area contributed by atoms with Crippen molar-refractivity contribution in [2.45, 2.75) is 6.54 Å². The predicted molar refractivity (Wildman–Crippen MR) is 70.2 cm³/mol. The van der Waals surface area contributed by atoms with Crippen LogP contribution in [0.15, 0.2) is 24.3 Å². The standard InChI is InChI=1S/C13H22N2O2/c1-14(2)13-5-3-12(4-6-13)11-15(7-9-16)8-10-17/h3-6,16-17H,7-11H2,1-2H3. The van der Waals surface area contributed by atoms with Gasteiger partial charge in [-0.3, -0.25) is 4.90 Å². The van der Waals surface area contributed by atoms with Crippen molar-refractivity contribution < 1.29 is 10.2 Å². The molecule has 0 bridgehead atoms. The van der Waals surface area contributed by atoms with Gasteiger partial charge < -0.3 is 15.1 Å². The monoisotopic (exact) mass is 238 g/mol. The van der Waals surface area contributed by atoms with E-state index in [0.717, 1.165) is 6.54 Å². The molecule has 4 nitrogen and oxygen atoms in total. The van der Waals surface area contributed by atoms with Crippen molar-refractivity contribution in [3.8, 4) is 0 Å². The Hall–Kier alpha value is -1.10. The third-order valence-corrected chi connectivity index (χ3v) is 2.69. The Balaban J connectivity index is 2.59. The van der Waals surface area contributed by atoms with Gasteiger partial charge in [-0.1, -0.05) is 12.1 Å².